The van der Waals surface area contributed by atoms with Crippen LogP contribution < -0.4 is 0 Å². The van der Waals surface area contributed by atoms with Crippen LogP contribution in [0.5, 0.6) is 0 Å². The second kappa shape index (κ2) is 17.5. The molecule has 3 saturated heterocycles. The summed E-state index contributed by atoms with van der Waals surface area (Å²) in [6, 6.07) is 0. The van der Waals surface area contributed by atoms with Gasteiger partial charge in [-0.2, -0.15) is 0 Å². The van der Waals surface area contributed by atoms with E-state index in [1.165, 1.54) is 12.5 Å². The Labute approximate surface area is 382 Å². The lowest BCUT2D eigenvalue weighted by molar-refractivity contribution is -0.361. The lowest BCUT2D eigenvalue weighted by Crippen LogP contribution is -2.66. The smallest absolute Gasteiger partial charge is 0.315 e. The Morgan fingerprint density at radius 1 is 0.646 bits per heavy atom. The standard InChI is InChI=1S/C48H78O17/c1-22-30(51)33(54)36(57)39(60-22)64-38-35(56)32(53)26(21-50)62-41(38)65-42(59)48-17-15-43(2,3)19-24(48)23-9-10-28-45(6)13-12-29(63-40-37(58)34(55)31(52)25(20-49)61-40)44(4,5)27(45)11-14-47(28,8)46(23,7)16-18-48/h9,22,24-41,49-58H,10-21H2,1-8H3/t22-,24-,25-,26-,27+,28-,29+,30-,31-,32-,33+,34+,35+,36+,37-,38-,39-,40+,41+,45+,46-,47-,48+/m1/s1. The molecule has 4 saturated carbocycles. The van der Waals surface area contributed by atoms with Crippen LogP contribution in [-0.4, -0.2) is 168 Å². The minimum Gasteiger partial charge on any atom is -0.432 e. The molecule has 3 aliphatic heterocycles. The molecular formula is C48H78O17. The summed E-state index contributed by atoms with van der Waals surface area (Å²) >= 11 is 0. The van der Waals surface area contributed by atoms with Gasteiger partial charge < -0.3 is 79.5 Å². The lowest BCUT2D eigenvalue weighted by Gasteiger charge is -2.71. The highest BCUT2D eigenvalue weighted by molar-refractivity contribution is 5.79. The zero-order valence-electron chi connectivity index (χ0n) is 39.4. The monoisotopic (exact) mass is 927 g/mol. The van der Waals surface area contributed by atoms with Crippen LogP contribution >= 0.6 is 0 Å². The molecule has 65 heavy (non-hydrogen) atoms. The molecule has 3 heterocycles. The van der Waals surface area contributed by atoms with Gasteiger partial charge >= 0.3 is 5.97 Å². The first-order chi connectivity index (χ1) is 30.3. The molecule has 8 aliphatic rings. The Balaban J connectivity index is 1.06. The first-order valence-corrected chi connectivity index (χ1v) is 24.2. The van der Waals surface area contributed by atoms with E-state index in [2.05, 4.69) is 54.5 Å². The number of carbonyl (C=O) groups excluding carboxylic acids is 1. The number of aliphatic hydroxyl groups excluding tert-OH is 10. The largest absolute Gasteiger partial charge is 0.432 e. The quantitative estimate of drug-likeness (QED) is 0.0930. The molecule has 10 N–H and O–H groups in total. The van der Waals surface area contributed by atoms with Gasteiger partial charge in [0, 0.05) is 0 Å². The van der Waals surface area contributed by atoms with E-state index in [-0.39, 0.29) is 45.0 Å². The van der Waals surface area contributed by atoms with Crippen molar-refractivity contribution in [3.8, 4) is 0 Å². The Bertz CT molecular complexity index is 1780. The minimum absolute atomic E-state index is 0.0931. The highest BCUT2D eigenvalue weighted by atomic mass is 16.8. The second-order valence-corrected chi connectivity index (χ2v) is 23.4. The van der Waals surface area contributed by atoms with Gasteiger partial charge in [-0.1, -0.05) is 60.1 Å². The summed E-state index contributed by atoms with van der Waals surface area (Å²) in [6.45, 7) is 16.4. The zero-order valence-corrected chi connectivity index (χ0v) is 39.4. The summed E-state index contributed by atoms with van der Waals surface area (Å²) in [6.07, 6.45) is -12.4. The Kier molecular flexibility index (Phi) is 13.4. The van der Waals surface area contributed by atoms with E-state index in [4.69, 9.17) is 28.4 Å². The maximum atomic E-state index is 15.2. The van der Waals surface area contributed by atoms with Gasteiger partial charge in [-0.15, -0.1) is 0 Å². The van der Waals surface area contributed by atoms with Crippen LogP contribution in [0, 0.1) is 50.2 Å². The van der Waals surface area contributed by atoms with Gasteiger partial charge in [-0.25, -0.2) is 0 Å². The number of fused-ring (bicyclic) bond motifs is 7. The van der Waals surface area contributed by atoms with Crippen LogP contribution in [0.15, 0.2) is 11.6 Å². The summed E-state index contributed by atoms with van der Waals surface area (Å²) < 4.78 is 36.2. The number of allylic oxidation sites excluding steroid dienone is 2. The summed E-state index contributed by atoms with van der Waals surface area (Å²) in [5.41, 5.74) is -0.660. The molecule has 0 radical (unpaired) electrons. The maximum Gasteiger partial charge on any atom is 0.315 e. The van der Waals surface area contributed by atoms with E-state index >= 15 is 4.79 Å². The minimum atomic E-state index is -1.75. The molecule has 0 unspecified atom stereocenters. The molecular weight excluding hydrogens is 849 g/mol. The predicted molar refractivity (Wildman–Crippen MR) is 229 cm³/mol. The molecule has 0 bridgehead atoms. The highest BCUT2D eigenvalue weighted by Crippen LogP contribution is 2.76. The number of hydrogen-bond acceptors (Lipinski definition) is 17. The summed E-state index contributed by atoms with van der Waals surface area (Å²) in [4.78, 5) is 15.2. The number of hydrogen-bond donors (Lipinski definition) is 10. The summed E-state index contributed by atoms with van der Waals surface area (Å²) in [7, 11) is 0. The van der Waals surface area contributed by atoms with Gasteiger partial charge in [0.05, 0.1) is 30.8 Å². The summed E-state index contributed by atoms with van der Waals surface area (Å²) in [5.74, 6) is -0.188. The van der Waals surface area contributed by atoms with E-state index in [9.17, 15) is 51.1 Å². The third-order valence-electron chi connectivity index (χ3n) is 19.3. The van der Waals surface area contributed by atoms with Crippen LogP contribution in [0.1, 0.15) is 120 Å². The maximum absolute atomic E-state index is 15.2. The Morgan fingerprint density at radius 2 is 1.23 bits per heavy atom. The average molecular weight is 927 g/mol. The van der Waals surface area contributed by atoms with Crippen molar-refractivity contribution in [2.45, 2.75) is 218 Å². The Morgan fingerprint density at radius 3 is 1.88 bits per heavy atom. The molecule has 0 aromatic heterocycles. The Hall–Kier alpha value is -1.39. The molecule has 5 aliphatic carbocycles. The van der Waals surface area contributed by atoms with Crippen LogP contribution in [0.25, 0.3) is 0 Å². The topological polar surface area (TPSA) is 275 Å². The van der Waals surface area contributed by atoms with Crippen molar-refractivity contribution in [1.82, 2.24) is 0 Å². The number of esters is 1. The SMILES string of the molecule is C[C@H]1O[C@H](O[C@H]2[C@H](OC(=O)[C@]34CCC(C)(C)C[C@@H]3C3=CC[C@@H]5[C@@]6(C)CC[C@H](O[C@@H]7O[C@H](CO)[C@@H](O)[C@H](O)[C@H]7O)C(C)(C)[C@@H]6CC[C@@]5(C)[C@]3(C)CC4)O[C@H](CO)[C@@H](O)[C@@H]2O)[C@@H](O)[C@@H](O)[C@@H]1O. The number of rotatable bonds is 8. The van der Waals surface area contributed by atoms with Crippen molar-refractivity contribution in [1.29, 1.82) is 0 Å². The highest BCUT2D eigenvalue weighted by Gasteiger charge is 2.70. The van der Waals surface area contributed by atoms with Crippen molar-refractivity contribution in [2.24, 2.45) is 50.2 Å². The lowest BCUT2D eigenvalue weighted by atomic mass is 9.33. The fraction of sp³-hybridized carbons (Fsp3) is 0.938. The van der Waals surface area contributed by atoms with Crippen LogP contribution in [0.4, 0.5) is 0 Å². The van der Waals surface area contributed by atoms with Gasteiger partial charge in [0.1, 0.15) is 61.0 Å². The first kappa shape index (κ1) is 50.0. The molecule has 17 nitrogen and oxygen atoms in total. The predicted octanol–water partition coefficient (Wildman–Crippen LogP) is 1.17. The van der Waals surface area contributed by atoms with Crippen molar-refractivity contribution in [3.63, 3.8) is 0 Å². The number of ether oxygens (including phenoxy) is 6. The zero-order chi connectivity index (χ0) is 47.6. The normalized spacial score (nSPS) is 53.9. The molecule has 0 spiro atoms. The number of carbonyl (C=O) groups is 1. The molecule has 17 heteroatoms. The summed E-state index contributed by atoms with van der Waals surface area (Å²) in [5, 5.41) is 106. The molecule has 0 aromatic carbocycles. The first-order valence-electron chi connectivity index (χ1n) is 24.2. The van der Waals surface area contributed by atoms with E-state index in [0.717, 1.165) is 44.9 Å². The van der Waals surface area contributed by atoms with Gasteiger partial charge in [0.2, 0.25) is 6.29 Å². The fourth-order valence-corrected chi connectivity index (χ4v) is 15.0. The second-order valence-electron chi connectivity index (χ2n) is 23.4. The van der Waals surface area contributed by atoms with E-state index < -0.39 is 117 Å². The van der Waals surface area contributed by atoms with Crippen molar-refractivity contribution < 1.29 is 84.3 Å². The van der Waals surface area contributed by atoms with Crippen LogP contribution in [-0.2, 0) is 33.2 Å². The third-order valence-corrected chi connectivity index (χ3v) is 19.3. The molecule has 372 valence electrons. The third kappa shape index (κ3) is 7.81. The van der Waals surface area contributed by atoms with Crippen molar-refractivity contribution in [3.05, 3.63) is 11.6 Å². The van der Waals surface area contributed by atoms with Crippen LogP contribution in [0.2, 0.25) is 0 Å². The molecule has 0 amide bonds. The molecule has 7 fully saturated rings. The van der Waals surface area contributed by atoms with E-state index in [1.807, 2.05) is 0 Å². The van der Waals surface area contributed by atoms with E-state index in [0.29, 0.717) is 25.2 Å². The van der Waals surface area contributed by atoms with Gasteiger partial charge in [-0.05, 0) is 116 Å². The van der Waals surface area contributed by atoms with E-state index in [1.54, 1.807) is 0 Å². The van der Waals surface area contributed by atoms with Crippen molar-refractivity contribution >= 4 is 5.97 Å². The molecule has 23 atom stereocenters. The fourth-order valence-electron chi connectivity index (χ4n) is 15.0. The van der Waals surface area contributed by atoms with Gasteiger partial charge in [-0.3, -0.25) is 4.79 Å². The van der Waals surface area contributed by atoms with Crippen molar-refractivity contribution in [2.75, 3.05) is 13.2 Å². The van der Waals surface area contributed by atoms with Gasteiger partial charge in [0.25, 0.3) is 0 Å². The molecule has 8 rings (SSSR count). The molecule has 0 aromatic rings. The average Bonchev–Trinajstić information content (AvgIpc) is 3.25. The van der Waals surface area contributed by atoms with Crippen LogP contribution in [0.3, 0.4) is 0 Å². The number of aliphatic hydroxyl groups is 10. The van der Waals surface area contributed by atoms with Gasteiger partial charge in [0.15, 0.2) is 18.7 Å².